The molecule has 0 radical (unpaired) electrons. The Morgan fingerprint density at radius 1 is 0.764 bits per heavy atom. The van der Waals surface area contributed by atoms with Crippen molar-refractivity contribution in [1.82, 2.24) is 31.5 Å². The molecule has 10 atom stereocenters. The largest absolute Gasteiger partial charge is 0.480 e. The van der Waals surface area contributed by atoms with Crippen LogP contribution in [0.3, 0.4) is 0 Å². The molecule has 0 spiro atoms. The number of carboxylic acids is 3. The smallest absolute Gasteiger partial charge is 0.327 e. The van der Waals surface area contributed by atoms with Crippen molar-refractivity contribution in [3.05, 3.63) is 72.0 Å². The minimum absolute atomic E-state index is 0.0184. The Morgan fingerprint density at radius 3 is 1.85 bits per heavy atom. The van der Waals surface area contributed by atoms with Gasteiger partial charge in [0.05, 0.1) is 17.9 Å². The number of nitrogens with zero attached hydrogens (tertiary/aromatic N) is 2. The molecular formula is C49H76N10O13. The number of guanidine groups is 1. The molecule has 14 N–H and O–H groups in total. The van der Waals surface area contributed by atoms with E-state index >= 15 is 0 Å². The standard InChI is InChI=1S/C49H76N10O13/c1-26(2)23-37(45(65)58-40(48(70)71)30(6)42(62)55-35(46(66)67)17-14-22-53-49(51)52)57-43(63)31(7)54-44(64)32(8)59(9)39(60)21-20-36(47(68)69)56-41(61)29(5)34(50)19-18-27(3)24-28(4)38(72-10)25-33-15-12-11-13-16-33/h11-13,15-16,18-19,24,26,28-31,34-38,40H,8,14,17,20-23,25,50H2,1-7,9-10H3,(H,54,64)(H,55,62)(H,56,61)(H,57,63)(H,58,65)(H,66,67)(H,68,69)(H,70,71)(H4,51,52,53). The summed E-state index contributed by atoms with van der Waals surface area (Å²) in [4.78, 5) is 120. The van der Waals surface area contributed by atoms with Gasteiger partial charge in [-0.25, -0.2) is 14.4 Å². The van der Waals surface area contributed by atoms with E-state index in [-0.39, 0.29) is 56.1 Å². The third-order valence-corrected chi connectivity index (χ3v) is 11.7. The minimum Gasteiger partial charge on any atom is -0.480 e. The summed E-state index contributed by atoms with van der Waals surface area (Å²) < 4.78 is 5.73. The molecule has 0 aliphatic heterocycles. The Kier molecular flexibility index (Phi) is 27.3. The van der Waals surface area contributed by atoms with E-state index in [2.05, 4.69) is 38.2 Å². The van der Waals surface area contributed by atoms with E-state index < -0.39 is 114 Å². The molecule has 6 amide bonds. The number of methoxy groups -OCH3 is 1. The van der Waals surface area contributed by atoms with E-state index in [1.807, 2.05) is 50.3 Å². The molecule has 0 aliphatic rings. The second-order valence-electron chi connectivity index (χ2n) is 18.1. The number of hydrogen-bond acceptors (Lipinski definition) is 12. The van der Waals surface area contributed by atoms with Gasteiger partial charge in [-0.2, -0.15) is 0 Å². The van der Waals surface area contributed by atoms with Gasteiger partial charge in [0.25, 0.3) is 5.91 Å². The molecule has 0 aromatic heterocycles. The molecule has 0 fully saturated rings. The maximum absolute atomic E-state index is 13.5. The number of carboxylic acid groups (broad SMARTS) is 3. The van der Waals surface area contributed by atoms with Crippen molar-refractivity contribution in [3.8, 4) is 0 Å². The second-order valence-corrected chi connectivity index (χ2v) is 18.1. The SMILES string of the molecule is C=C(C(=O)NC(C)C(=O)NC(CC(C)C)C(=O)NC(C(=O)O)C(C)C(=O)NC(CCCN=C(N)N)C(=O)O)N(C)C(=O)CCC(NC(=O)C(C)C(N)C=CC(C)=CC(C)C(Cc1ccccc1)OC)C(=O)O. The Morgan fingerprint density at radius 2 is 1.32 bits per heavy atom. The summed E-state index contributed by atoms with van der Waals surface area (Å²) in [6.07, 6.45) is 5.33. The summed E-state index contributed by atoms with van der Waals surface area (Å²) in [5, 5.41) is 41.2. The number of carbonyl (C=O) groups excluding carboxylic acids is 6. The topological polar surface area (TPSA) is 377 Å². The number of aliphatic imine (C=N–C) groups is 1. The summed E-state index contributed by atoms with van der Waals surface area (Å²) >= 11 is 0. The molecule has 1 aromatic rings. The lowest BCUT2D eigenvalue weighted by molar-refractivity contribution is -0.147. The molecule has 0 aliphatic carbocycles. The van der Waals surface area contributed by atoms with Crippen LogP contribution in [0.1, 0.15) is 86.1 Å². The maximum Gasteiger partial charge on any atom is 0.327 e. The number of aliphatic carboxylic acids is 3. The average molecular weight is 1010 g/mol. The monoisotopic (exact) mass is 1010 g/mol. The number of nitrogens with one attached hydrogen (secondary N) is 5. The first-order valence-electron chi connectivity index (χ1n) is 23.5. The number of likely N-dealkylation sites (N-methyl/N-ethyl adjacent to an activating group) is 1. The first-order chi connectivity index (χ1) is 33.6. The first-order valence-corrected chi connectivity index (χ1v) is 23.5. The van der Waals surface area contributed by atoms with E-state index in [0.29, 0.717) is 6.42 Å². The van der Waals surface area contributed by atoms with Crippen molar-refractivity contribution in [1.29, 1.82) is 0 Å². The van der Waals surface area contributed by atoms with Crippen LogP contribution < -0.4 is 43.8 Å². The molecule has 0 saturated heterocycles. The highest BCUT2D eigenvalue weighted by molar-refractivity contribution is 6.00. The van der Waals surface area contributed by atoms with Gasteiger partial charge in [0.15, 0.2) is 5.96 Å². The number of ether oxygens (including phenoxy) is 1. The highest BCUT2D eigenvalue weighted by atomic mass is 16.5. The molecule has 0 bridgehead atoms. The Hall–Kier alpha value is -7.14. The molecule has 23 nitrogen and oxygen atoms in total. The van der Waals surface area contributed by atoms with Crippen LogP contribution >= 0.6 is 0 Å². The zero-order chi connectivity index (χ0) is 55.0. The van der Waals surface area contributed by atoms with Crippen LogP contribution in [0.4, 0.5) is 0 Å². The summed E-state index contributed by atoms with van der Waals surface area (Å²) in [5.41, 5.74) is 18.4. The van der Waals surface area contributed by atoms with E-state index in [9.17, 15) is 58.5 Å². The van der Waals surface area contributed by atoms with Gasteiger partial charge < -0.3 is 68.7 Å². The van der Waals surface area contributed by atoms with Crippen molar-refractivity contribution >= 4 is 59.3 Å². The fraction of sp³-hybridized carbons (Fsp3) is 0.551. The van der Waals surface area contributed by atoms with Crippen LogP contribution in [0.5, 0.6) is 0 Å². The quantitative estimate of drug-likeness (QED) is 0.0154. The van der Waals surface area contributed by atoms with Crippen LogP contribution in [0.15, 0.2) is 71.4 Å². The Labute approximate surface area is 420 Å². The van der Waals surface area contributed by atoms with Gasteiger partial charge in [-0.05, 0) is 57.4 Å². The Bertz CT molecular complexity index is 2140. The van der Waals surface area contributed by atoms with Gasteiger partial charge >= 0.3 is 17.9 Å². The molecule has 1 rings (SSSR count). The normalized spacial score (nSPS) is 15.7. The van der Waals surface area contributed by atoms with Crippen LogP contribution in [0.2, 0.25) is 0 Å². The van der Waals surface area contributed by atoms with Crippen molar-refractivity contribution in [2.24, 2.45) is 45.9 Å². The fourth-order valence-electron chi connectivity index (χ4n) is 7.03. The van der Waals surface area contributed by atoms with Crippen LogP contribution in [-0.2, 0) is 54.3 Å². The van der Waals surface area contributed by atoms with Gasteiger partial charge in [-0.1, -0.05) is 95.3 Å². The zero-order valence-corrected chi connectivity index (χ0v) is 42.7. The lowest BCUT2D eigenvalue weighted by Crippen LogP contribution is -2.58. The predicted molar refractivity (Wildman–Crippen MR) is 268 cm³/mol. The average Bonchev–Trinajstić information content (AvgIpc) is 3.31. The van der Waals surface area contributed by atoms with Gasteiger partial charge in [0, 0.05) is 39.1 Å². The van der Waals surface area contributed by atoms with E-state index in [1.54, 1.807) is 33.1 Å². The number of nitrogens with two attached hydrogens (primary N) is 3. The highest BCUT2D eigenvalue weighted by Gasteiger charge is 2.36. The van der Waals surface area contributed by atoms with Crippen molar-refractivity contribution in [2.75, 3.05) is 20.7 Å². The molecular weight excluding hydrogens is 937 g/mol. The van der Waals surface area contributed by atoms with E-state index in [0.717, 1.165) is 16.0 Å². The zero-order valence-electron chi connectivity index (χ0n) is 42.7. The molecule has 1 aromatic carbocycles. The third-order valence-electron chi connectivity index (χ3n) is 11.7. The van der Waals surface area contributed by atoms with Crippen molar-refractivity contribution in [2.45, 2.75) is 129 Å². The van der Waals surface area contributed by atoms with Crippen LogP contribution in [-0.4, -0.2) is 143 Å². The highest BCUT2D eigenvalue weighted by Crippen LogP contribution is 2.18. The molecule has 400 valence electrons. The summed E-state index contributed by atoms with van der Waals surface area (Å²) in [6.45, 7) is 15.0. The lowest BCUT2D eigenvalue weighted by atomic mass is 9.95. The molecule has 23 heteroatoms. The first kappa shape index (κ1) is 62.9. The Balaban J connectivity index is 2.89. The number of rotatable bonds is 32. The van der Waals surface area contributed by atoms with Gasteiger partial charge in [-0.3, -0.25) is 33.8 Å². The molecule has 10 unspecified atom stereocenters. The lowest BCUT2D eigenvalue weighted by Gasteiger charge is -2.27. The third kappa shape index (κ3) is 22.3. The fourth-order valence-corrected chi connectivity index (χ4v) is 7.03. The van der Waals surface area contributed by atoms with Crippen LogP contribution in [0.25, 0.3) is 0 Å². The minimum atomic E-state index is -1.86. The van der Waals surface area contributed by atoms with Crippen molar-refractivity contribution in [3.63, 3.8) is 0 Å². The van der Waals surface area contributed by atoms with Gasteiger partial charge in [-0.15, -0.1) is 0 Å². The summed E-state index contributed by atoms with van der Waals surface area (Å²) in [7, 11) is 2.86. The van der Waals surface area contributed by atoms with Gasteiger partial charge in [0.2, 0.25) is 29.5 Å². The van der Waals surface area contributed by atoms with Crippen LogP contribution in [0, 0.1) is 23.7 Å². The molecule has 0 heterocycles. The number of hydrogen-bond donors (Lipinski definition) is 11. The second kappa shape index (κ2) is 31.2. The number of amides is 6. The van der Waals surface area contributed by atoms with E-state index in [1.165, 1.54) is 27.8 Å². The molecule has 0 saturated carbocycles. The number of carbonyl (C=O) groups is 9. The summed E-state index contributed by atoms with van der Waals surface area (Å²) in [6, 6.07) is 1.64. The summed E-state index contributed by atoms with van der Waals surface area (Å²) in [5.74, 6) is -12.5. The molecule has 72 heavy (non-hydrogen) atoms. The number of benzene rings is 1. The maximum atomic E-state index is 13.5. The van der Waals surface area contributed by atoms with E-state index in [4.69, 9.17) is 21.9 Å². The predicted octanol–water partition coefficient (Wildman–Crippen LogP) is 0.532. The number of allylic oxidation sites excluding steroid dienone is 2. The van der Waals surface area contributed by atoms with Gasteiger partial charge in [0.1, 0.15) is 35.9 Å². The van der Waals surface area contributed by atoms with Crippen molar-refractivity contribution < 1.29 is 63.2 Å².